The molecule has 1 N–H and O–H groups in total. The summed E-state index contributed by atoms with van der Waals surface area (Å²) in [5.74, 6) is 1.44. The highest BCUT2D eigenvalue weighted by Gasteiger charge is 2.21. The molecule has 116 valence electrons. The van der Waals surface area contributed by atoms with Crippen molar-refractivity contribution in [3.63, 3.8) is 0 Å². The number of hydrogen-bond donors (Lipinski definition) is 1. The molecule has 0 spiro atoms. The Morgan fingerprint density at radius 1 is 1.24 bits per heavy atom. The molecule has 0 aliphatic carbocycles. The molecule has 0 fully saturated rings. The number of hydrogen-bond acceptors (Lipinski definition) is 2. The molecule has 2 rings (SSSR count). The van der Waals surface area contributed by atoms with Crippen molar-refractivity contribution in [2.24, 2.45) is 5.92 Å². The van der Waals surface area contributed by atoms with Crippen molar-refractivity contribution < 1.29 is 4.42 Å². The second kappa shape index (κ2) is 6.91. The summed E-state index contributed by atoms with van der Waals surface area (Å²) >= 11 is 16.3. The van der Waals surface area contributed by atoms with Crippen LogP contribution in [0.15, 0.2) is 15.0 Å². The van der Waals surface area contributed by atoms with Crippen molar-refractivity contribution in [1.82, 2.24) is 5.32 Å². The van der Waals surface area contributed by atoms with E-state index < -0.39 is 0 Å². The number of benzene rings is 1. The number of halogens is 3. The van der Waals surface area contributed by atoms with Crippen LogP contribution in [0, 0.1) is 5.92 Å². The van der Waals surface area contributed by atoms with Gasteiger partial charge in [0.25, 0.3) is 0 Å². The zero-order chi connectivity index (χ0) is 15.7. The van der Waals surface area contributed by atoms with E-state index in [0.29, 0.717) is 34.1 Å². The Morgan fingerprint density at radius 2 is 1.90 bits per heavy atom. The summed E-state index contributed by atoms with van der Waals surface area (Å²) in [4.78, 5) is 0. The van der Waals surface area contributed by atoms with E-state index in [2.05, 4.69) is 48.9 Å². The monoisotopic (exact) mass is 391 g/mol. The summed E-state index contributed by atoms with van der Waals surface area (Å²) in [6.07, 6.45) is 0.911. The van der Waals surface area contributed by atoms with Gasteiger partial charge >= 0.3 is 0 Å². The SMILES string of the molecule is CC(C)Cc1c(CNC(C)C)oc2c(Cl)cc(Br)c(Cl)c12. The largest absolute Gasteiger partial charge is 0.458 e. The van der Waals surface area contributed by atoms with Gasteiger partial charge in [-0.2, -0.15) is 0 Å². The van der Waals surface area contributed by atoms with E-state index in [1.807, 2.05) is 0 Å². The highest BCUT2D eigenvalue weighted by molar-refractivity contribution is 9.10. The van der Waals surface area contributed by atoms with Crippen LogP contribution in [0.4, 0.5) is 0 Å². The van der Waals surface area contributed by atoms with Gasteiger partial charge in [-0.25, -0.2) is 0 Å². The van der Waals surface area contributed by atoms with E-state index in [1.165, 1.54) is 0 Å². The Bertz CT molecular complexity index is 649. The van der Waals surface area contributed by atoms with Crippen LogP contribution in [-0.2, 0) is 13.0 Å². The summed E-state index contributed by atoms with van der Waals surface area (Å²) in [6.45, 7) is 9.28. The van der Waals surface area contributed by atoms with Crippen LogP contribution in [0.25, 0.3) is 11.0 Å². The van der Waals surface area contributed by atoms with Gasteiger partial charge in [0.15, 0.2) is 5.58 Å². The lowest BCUT2D eigenvalue weighted by Crippen LogP contribution is -2.22. The van der Waals surface area contributed by atoms with Crippen molar-refractivity contribution >= 4 is 50.1 Å². The van der Waals surface area contributed by atoms with Gasteiger partial charge in [0, 0.05) is 21.5 Å². The highest BCUT2D eigenvalue weighted by atomic mass is 79.9. The topological polar surface area (TPSA) is 25.2 Å². The van der Waals surface area contributed by atoms with Crippen LogP contribution in [-0.4, -0.2) is 6.04 Å². The third-order valence-electron chi connectivity index (χ3n) is 3.27. The standard InChI is InChI=1S/C16H20BrCl2NO/c1-8(2)5-10-13(7-20-9(3)4)21-16-12(18)6-11(17)15(19)14(10)16/h6,8-9,20H,5,7H2,1-4H3. The van der Waals surface area contributed by atoms with E-state index in [0.717, 1.165) is 27.6 Å². The molecule has 0 saturated heterocycles. The van der Waals surface area contributed by atoms with Gasteiger partial charge in [0.2, 0.25) is 0 Å². The number of nitrogens with one attached hydrogen (secondary N) is 1. The molecule has 0 saturated carbocycles. The molecule has 5 heteroatoms. The van der Waals surface area contributed by atoms with Crippen LogP contribution >= 0.6 is 39.1 Å². The maximum atomic E-state index is 6.48. The fourth-order valence-corrected chi connectivity index (χ4v) is 3.39. The van der Waals surface area contributed by atoms with Gasteiger partial charge in [-0.1, -0.05) is 50.9 Å². The zero-order valence-corrected chi connectivity index (χ0v) is 15.8. The highest BCUT2D eigenvalue weighted by Crippen LogP contribution is 2.41. The van der Waals surface area contributed by atoms with Crippen LogP contribution < -0.4 is 5.32 Å². The molecule has 1 aromatic carbocycles. The fourth-order valence-electron chi connectivity index (χ4n) is 2.34. The molecule has 1 aromatic heterocycles. The maximum Gasteiger partial charge on any atom is 0.154 e. The Labute approximate surface area is 144 Å². The minimum Gasteiger partial charge on any atom is -0.458 e. The maximum absolute atomic E-state index is 6.48. The molecule has 0 aliphatic rings. The van der Waals surface area contributed by atoms with E-state index in [-0.39, 0.29) is 0 Å². The van der Waals surface area contributed by atoms with Gasteiger partial charge < -0.3 is 9.73 Å². The molecule has 2 nitrogen and oxygen atoms in total. The first-order chi connectivity index (χ1) is 9.81. The first kappa shape index (κ1) is 17.1. The Balaban J connectivity index is 2.62. The van der Waals surface area contributed by atoms with Crippen molar-refractivity contribution in [3.05, 3.63) is 31.9 Å². The summed E-state index contributed by atoms with van der Waals surface area (Å²) in [7, 11) is 0. The lowest BCUT2D eigenvalue weighted by Gasteiger charge is -2.10. The average molecular weight is 393 g/mol. The minimum atomic E-state index is 0.391. The third-order valence-corrected chi connectivity index (χ3v) is 4.80. The second-order valence-electron chi connectivity index (χ2n) is 6.00. The van der Waals surface area contributed by atoms with Crippen molar-refractivity contribution in [2.75, 3.05) is 0 Å². The molecule has 0 amide bonds. The Kier molecular flexibility index (Phi) is 5.64. The van der Waals surface area contributed by atoms with Crippen LogP contribution in [0.2, 0.25) is 10.0 Å². The zero-order valence-electron chi connectivity index (χ0n) is 12.7. The van der Waals surface area contributed by atoms with Crippen LogP contribution in [0.1, 0.15) is 39.0 Å². The number of furan rings is 1. The summed E-state index contributed by atoms with van der Waals surface area (Å²) in [5.41, 5.74) is 1.84. The normalized spacial score (nSPS) is 12.0. The first-order valence-corrected chi connectivity index (χ1v) is 8.67. The first-order valence-electron chi connectivity index (χ1n) is 7.12. The van der Waals surface area contributed by atoms with Gasteiger partial charge in [0.1, 0.15) is 5.76 Å². The number of fused-ring (bicyclic) bond motifs is 1. The van der Waals surface area contributed by atoms with E-state index in [4.69, 9.17) is 27.6 Å². The molecule has 0 radical (unpaired) electrons. The molecule has 2 aromatic rings. The predicted octanol–water partition coefficient (Wildman–Crippen LogP) is 6.20. The molecule has 0 atom stereocenters. The molecule has 1 heterocycles. The average Bonchev–Trinajstić information content (AvgIpc) is 2.72. The van der Waals surface area contributed by atoms with Gasteiger partial charge in [0.05, 0.1) is 16.6 Å². The van der Waals surface area contributed by atoms with E-state index >= 15 is 0 Å². The third kappa shape index (κ3) is 3.76. The van der Waals surface area contributed by atoms with E-state index in [1.54, 1.807) is 6.07 Å². The van der Waals surface area contributed by atoms with Crippen molar-refractivity contribution in [2.45, 2.75) is 46.7 Å². The Morgan fingerprint density at radius 3 is 2.48 bits per heavy atom. The van der Waals surface area contributed by atoms with Gasteiger partial charge in [-0.15, -0.1) is 0 Å². The summed E-state index contributed by atoms with van der Waals surface area (Å²) < 4.78 is 6.82. The van der Waals surface area contributed by atoms with Gasteiger partial charge in [-0.3, -0.25) is 0 Å². The quantitative estimate of drug-likeness (QED) is 0.612. The molecule has 0 unspecified atom stereocenters. The lowest BCUT2D eigenvalue weighted by atomic mass is 9.99. The van der Waals surface area contributed by atoms with E-state index in [9.17, 15) is 0 Å². The fraction of sp³-hybridized carbons (Fsp3) is 0.500. The predicted molar refractivity (Wildman–Crippen MR) is 94.5 cm³/mol. The van der Waals surface area contributed by atoms with Crippen LogP contribution in [0.3, 0.4) is 0 Å². The van der Waals surface area contributed by atoms with Crippen molar-refractivity contribution in [1.29, 1.82) is 0 Å². The molecule has 0 bridgehead atoms. The lowest BCUT2D eigenvalue weighted by molar-refractivity contribution is 0.478. The summed E-state index contributed by atoms with van der Waals surface area (Å²) in [6, 6.07) is 2.18. The van der Waals surface area contributed by atoms with Gasteiger partial charge in [-0.05, 0) is 34.3 Å². The molecular weight excluding hydrogens is 373 g/mol. The minimum absolute atomic E-state index is 0.391. The summed E-state index contributed by atoms with van der Waals surface area (Å²) in [5, 5.41) is 5.59. The van der Waals surface area contributed by atoms with Crippen molar-refractivity contribution in [3.8, 4) is 0 Å². The smallest absolute Gasteiger partial charge is 0.154 e. The number of rotatable bonds is 5. The molecular formula is C16H20BrCl2NO. The Hall–Kier alpha value is -0.220. The van der Waals surface area contributed by atoms with Crippen LogP contribution in [0.5, 0.6) is 0 Å². The second-order valence-corrected chi connectivity index (χ2v) is 7.64. The molecule has 21 heavy (non-hydrogen) atoms. The molecule has 0 aliphatic heterocycles.